The Morgan fingerprint density at radius 2 is 2.00 bits per heavy atom. The number of hydrogen-bond acceptors (Lipinski definition) is 4. The molecular weight excluding hydrogens is 346 g/mol. The van der Waals surface area contributed by atoms with Crippen molar-refractivity contribution in [3.05, 3.63) is 35.4 Å². The number of carbonyl (C=O) groups excluding carboxylic acids is 2. The van der Waals surface area contributed by atoms with Gasteiger partial charge in [-0.25, -0.2) is 4.79 Å². The molecule has 7 nitrogen and oxygen atoms in total. The van der Waals surface area contributed by atoms with Crippen LogP contribution in [0.15, 0.2) is 24.3 Å². The van der Waals surface area contributed by atoms with Gasteiger partial charge in [0.1, 0.15) is 0 Å². The van der Waals surface area contributed by atoms with Crippen molar-refractivity contribution in [1.29, 1.82) is 0 Å². The fraction of sp³-hybridized carbons (Fsp3) is 0.550. The molecule has 0 saturated carbocycles. The molecule has 2 aliphatic heterocycles. The quantitative estimate of drug-likeness (QED) is 0.753. The van der Waals surface area contributed by atoms with Crippen LogP contribution in [0.4, 0.5) is 0 Å². The maximum atomic E-state index is 12.4. The van der Waals surface area contributed by atoms with Crippen LogP contribution in [0.25, 0.3) is 0 Å². The van der Waals surface area contributed by atoms with Crippen LogP contribution in [0.3, 0.4) is 0 Å². The molecule has 0 aliphatic carbocycles. The lowest BCUT2D eigenvalue weighted by atomic mass is 10.1. The molecule has 0 unspecified atom stereocenters. The third-order valence-electron chi connectivity index (χ3n) is 5.59. The average molecular weight is 373 g/mol. The molecule has 1 aromatic carbocycles. The summed E-state index contributed by atoms with van der Waals surface area (Å²) in [6, 6.07) is 6.83. The number of benzene rings is 1. The van der Waals surface area contributed by atoms with Gasteiger partial charge >= 0.3 is 5.97 Å². The van der Waals surface area contributed by atoms with E-state index in [-0.39, 0.29) is 29.7 Å². The van der Waals surface area contributed by atoms with Crippen LogP contribution in [-0.4, -0.2) is 64.9 Å². The van der Waals surface area contributed by atoms with E-state index in [0.29, 0.717) is 25.7 Å². The highest BCUT2D eigenvalue weighted by Gasteiger charge is 2.36. The number of nitrogens with one attached hydrogen (secondary N) is 1. The highest BCUT2D eigenvalue weighted by atomic mass is 16.4. The number of carboxylic acids is 1. The van der Waals surface area contributed by atoms with E-state index in [2.05, 4.69) is 17.1 Å². The first-order valence-corrected chi connectivity index (χ1v) is 9.59. The van der Waals surface area contributed by atoms with Crippen molar-refractivity contribution >= 4 is 17.8 Å². The van der Waals surface area contributed by atoms with Gasteiger partial charge in [-0.2, -0.15) is 0 Å². The molecule has 7 heteroatoms. The molecule has 2 aliphatic rings. The standard InChI is InChI=1S/C20H27N3O4/c1-2-22-9-3-4-17(22)13-23-12-16(10-18(23)24)19(25)21-11-14-5-7-15(8-6-14)20(26)27/h5-8,16-17H,2-4,9-13H2,1H3,(H,21,25)(H,26,27)/t16-,17+/m0/s1. The second kappa shape index (κ2) is 8.52. The molecule has 0 spiro atoms. The second-order valence-electron chi connectivity index (χ2n) is 7.34. The number of hydrogen-bond donors (Lipinski definition) is 2. The van der Waals surface area contributed by atoms with E-state index < -0.39 is 5.97 Å². The SMILES string of the molecule is CCN1CCC[C@@H]1CN1C[C@@H](C(=O)NCc2ccc(C(=O)O)cc2)CC1=O. The zero-order valence-corrected chi connectivity index (χ0v) is 15.7. The van der Waals surface area contributed by atoms with Crippen molar-refractivity contribution in [3.8, 4) is 0 Å². The van der Waals surface area contributed by atoms with Gasteiger partial charge in [0.2, 0.25) is 11.8 Å². The summed E-state index contributed by atoms with van der Waals surface area (Å²) in [5.41, 5.74) is 1.05. The Hall–Kier alpha value is -2.41. The third-order valence-corrected chi connectivity index (χ3v) is 5.59. The van der Waals surface area contributed by atoms with Crippen LogP contribution >= 0.6 is 0 Å². The average Bonchev–Trinajstić information content (AvgIpc) is 3.27. The minimum absolute atomic E-state index is 0.0592. The Balaban J connectivity index is 1.49. The topological polar surface area (TPSA) is 89.9 Å². The zero-order chi connectivity index (χ0) is 19.4. The van der Waals surface area contributed by atoms with E-state index in [1.165, 1.54) is 18.6 Å². The van der Waals surface area contributed by atoms with Gasteiger partial charge in [0.15, 0.2) is 0 Å². The van der Waals surface area contributed by atoms with E-state index in [4.69, 9.17) is 5.11 Å². The number of rotatable bonds is 7. The predicted octanol–water partition coefficient (Wildman–Crippen LogP) is 1.33. The summed E-state index contributed by atoms with van der Waals surface area (Å²) < 4.78 is 0. The Labute approximate surface area is 159 Å². The van der Waals surface area contributed by atoms with Crippen molar-refractivity contribution in [1.82, 2.24) is 15.1 Å². The number of aromatic carboxylic acids is 1. The first-order valence-electron chi connectivity index (χ1n) is 9.59. The van der Waals surface area contributed by atoms with Crippen molar-refractivity contribution in [2.75, 3.05) is 26.2 Å². The lowest BCUT2D eigenvalue weighted by Gasteiger charge is -2.27. The fourth-order valence-electron chi connectivity index (χ4n) is 4.00. The summed E-state index contributed by atoms with van der Waals surface area (Å²) >= 11 is 0. The Morgan fingerprint density at radius 3 is 2.67 bits per heavy atom. The highest BCUT2D eigenvalue weighted by molar-refractivity contribution is 5.89. The van der Waals surface area contributed by atoms with E-state index >= 15 is 0 Å². The molecule has 146 valence electrons. The molecule has 0 radical (unpaired) electrons. The lowest BCUT2D eigenvalue weighted by molar-refractivity contribution is -0.129. The van der Waals surface area contributed by atoms with Crippen molar-refractivity contribution in [3.63, 3.8) is 0 Å². The first-order chi connectivity index (χ1) is 13.0. The van der Waals surface area contributed by atoms with Crippen LogP contribution < -0.4 is 5.32 Å². The molecule has 0 bridgehead atoms. The van der Waals surface area contributed by atoms with Crippen molar-refractivity contribution in [2.24, 2.45) is 5.92 Å². The van der Waals surface area contributed by atoms with Crippen molar-refractivity contribution in [2.45, 2.75) is 38.8 Å². The number of amides is 2. The molecule has 2 saturated heterocycles. The van der Waals surface area contributed by atoms with Crippen LogP contribution in [0.2, 0.25) is 0 Å². The third kappa shape index (κ3) is 4.66. The summed E-state index contributed by atoms with van der Waals surface area (Å²) in [6.45, 7) is 5.76. The largest absolute Gasteiger partial charge is 0.478 e. The lowest BCUT2D eigenvalue weighted by Crippen LogP contribution is -2.41. The van der Waals surface area contributed by atoms with E-state index in [0.717, 1.165) is 25.1 Å². The maximum absolute atomic E-state index is 12.4. The molecule has 2 fully saturated rings. The molecule has 2 N–H and O–H groups in total. The molecule has 2 amide bonds. The van der Waals surface area contributed by atoms with Gasteiger partial charge in [0.25, 0.3) is 0 Å². The van der Waals surface area contributed by atoms with E-state index in [1.54, 1.807) is 12.1 Å². The molecular formula is C20H27N3O4. The summed E-state index contributed by atoms with van der Waals surface area (Å²) in [6.07, 6.45) is 2.55. The first kappa shape index (κ1) is 19.4. The molecule has 2 heterocycles. The predicted molar refractivity (Wildman–Crippen MR) is 100 cm³/mol. The molecule has 2 atom stereocenters. The van der Waals surface area contributed by atoms with E-state index in [9.17, 15) is 14.4 Å². The van der Waals surface area contributed by atoms with Gasteiger partial charge in [-0.05, 0) is 43.6 Å². The van der Waals surface area contributed by atoms with Crippen molar-refractivity contribution < 1.29 is 19.5 Å². The number of carbonyl (C=O) groups is 3. The summed E-state index contributed by atoms with van der Waals surface area (Å²) in [4.78, 5) is 39.9. The zero-order valence-electron chi connectivity index (χ0n) is 15.7. The van der Waals surface area contributed by atoms with Crippen LogP contribution in [-0.2, 0) is 16.1 Å². The van der Waals surface area contributed by atoms with Crippen LogP contribution in [0.1, 0.15) is 42.1 Å². The monoisotopic (exact) mass is 373 g/mol. The molecule has 1 aromatic rings. The highest BCUT2D eigenvalue weighted by Crippen LogP contribution is 2.23. The van der Waals surface area contributed by atoms with Crippen LogP contribution in [0.5, 0.6) is 0 Å². The fourth-order valence-corrected chi connectivity index (χ4v) is 4.00. The minimum atomic E-state index is -0.973. The minimum Gasteiger partial charge on any atom is -0.478 e. The summed E-state index contributed by atoms with van der Waals surface area (Å²) in [7, 11) is 0. The van der Waals surface area contributed by atoms with Crippen LogP contribution in [0, 0.1) is 5.92 Å². The van der Waals surface area contributed by atoms with Gasteiger partial charge in [0.05, 0.1) is 11.5 Å². The molecule has 27 heavy (non-hydrogen) atoms. The molecule has 0 aromatic heterocycles. The Kier molecular flexibility index (Phi) is 6.11. The summed E-state index contributed by atoms with van der Waals surface area (Å²) in [5.74, 6) is -1.35. The normalized spacial score (nSPS) is 23.0. The van der Waals surface area contributed by atoms with Gasteiger partial charge in [0, 0.05) is 32.1 Å². The number of carboxylic acid groups (broad SMARTS) is 1. The molecule has 3 rings (SSSR count). The second-order valence-corrected chi connectivity index (χ2v) is 7.34. The van der Waals surface area contributed by atoms with E-state index in [1.807, 2.05) is 4.90 Å². The van der Waals surface area contributed by atoms with Gasteiger partial charge in [-0.3, -0.25) is 14.5 Å². The van der Waals surface area contributed by atoms with Gasteiger partial charge in [-0.1, -0.05) is 19.1 Å². The Morgan fingerprint density at radius 1 is 1.26 bits per heavy atom. The number of likely N-dealkylation sites (tertiary alicyclic amines) is 2. The summed E-state index contributed by atoms with van der Waals surface area (Å²) in [5, 5.41) is 11.8. The number of nitrogens with zero attached hydrogens (tertiary/aromatic N) is 2. The van der Waals surface area contributed by atoms with Gasteiger partial charge < -0.3 is 15.3 Å². The smallest absolute Gasteiger partial charge is 0.335 e. The number of likely N-dealkylation sites (N-methyl/N-ethyl adjacent to an activating group) is 1. The Bertz CT molecular complexity index is 704. The van der Waals surface area contributed by atoms with Gasteiger partial charge in [-0.15, -0.1) is 0 Å². The maximum Gasteiger partial charge on any atom is 0.335 e.